The molecule has 214 valence electrons. The second kappa shape index (κ2) is 12.1. The SMILES string of the molecule is COc1cc(C2C(=C(O)c3ccc4c(c3)CC(C)O4)C(=O)C(=O)N2CCc2ccccc2)ccc1OCCC(C)C. The minimum Gasteiger partial charge on any atom is -0.507 e. The molecule has 0 aromatic heterocycles. The minimum atomic E-state index is -0.791. The van der Waals surface area contributed by atoms with Gasteiger partial charge in [-0.3, -0.25) is 9.59 Å². The molecule has 2 aliphatic heterocycles. The quantitative estimate of drug-likeness (QED) is 0.185. The average molecular weight is 556 g/mol. The lowest BCUT2D eigenvalue weighted by Crippen LogP contribution is -2.31. The molecule has 1 saturated heterocycles. The summed E-state index contributed by atoms with van der Waals surface area (Å²) < 4.78 is 17.4. The van der Waals surface area contributed by atoms with Gasteiger partial charge in [-0.25, -0.2) is 0 Å². The predicted octanol–water partition coefficient (Wildman–Crippen LogP) is 6.11. The number of ether oxygens (including phenoxy) is 3. The van der Waals surface area contributed by atoms with Gasteiger partial charge in [-0.2, -0.15) is 0 Å². The van der Waals surface area contributed by atoms with Gasteiger partial charge >= 0.3 is 0 Å². The van der Waals surface area contributed by atoms with Gasteiger partial charge in [0.1, 0.15) is 17.6 Å². The molecular formula is C34H37NO6. The maximum Gasteiger partial charge on any atom is 0.295 e. The van der Waals surface area contributed by atoms with Gasteiger partial charge in [-0.1, -0.05) is 50.2 Å². The van der Waals surface area contributed by atoms with Crippen LogP contribution < -0.4 is 14.2 Å². The fourth-order valence-electron chi connectivity index (χ4n) is 5.45. The summed E-state index contributed by atoms with van der Waals surface area (Å²) in [5.41, 5.74) is 3.21. The van der Waals surface area contributed by atoms with E-state index >= 15 is 0 Å². The molecule has 3 aromatic rings. The van der Waals surface area contributed by atoms with Gasteiger partial charge in [-0.15, -0.1) is 0 Å². The van der Waals surface area contributed by atoms with Crippen molar-refractivity contribution < 1.29 is 28.9 Å². The summed E-state index contributed by atoms with van der Waals surface area (Å²) in [5.74, 6) is 0.817. The molecule has 1 fully saturated rings. The highest BCUT2D eigenvalue weighted by molar-refractivity contribution is 6.46. The molecule has 5 rings (SSSR count). The van der Waals surface area contributed by atoms with Gasteiger partial charge in [0, 0.05) is 18.5 Å². The molecule has 7 nitrogen and oxygen atoms in total. The normalized spacial score (nSPS) is 19.4. The Morgan fingerprint density at radius 2 is 1.83 bits per heavy atom. The lowest BCUT2D eigenvalue weighted by atomic mass is 9.94. The van der Waals surface area contributed by atoms with Gasteiger partial charge in [-0.05, 0) is 72.7 Å². The molecule has 0 bridgehead atoms. The number of carbonyl (C=O) groups excluding carboxylic acids is 2. The largest absolute Gasteiger partial charge is 0.507 e. The Bertz CT molecular complexity index is 1460. The second-order valence-electron chi connectivity index (χ2n) is 11.1. The zero-order valence-corrected chi connectivity index (χ0v) is 24.1. The first-order chi connectivity index (χ1) is 19.8. The number of aliphatic hydroxyl groups is 1. The third-order valence-corrected chi connectivity index (χ3v) is 7.65. The first kappa shape index (κ1) is 28.3. The van der Waals surface area contributed by atoms with Crippen LogP contribution in [0.2, 0.25) is 0 Å². The van der Waals surface area contributed by atoms with Crippen LogP contribution in [0, 0.1) is 5.92 Å². The number of methoxy groups -OCH3 is 1. The summed E-state index contributed by atoms with van der Waals surface area (Å²) in [4.78, 5) is 28.6. The van der Waals surface area contributed by atoms with Crippen LogP contribution >= 0.6 is 0 Å². The van der Waals surface area contributed by atoms with E-state index in [-0.39, 0.29) is 17.4 Å². The molecule has 7 heteroatoms. The van der Waals surface area contributed by atoms with E-state index in [4.69, 9.17) is 14.2 Å². The van der Waals surface area contributed by atoms with Crippen molar-refractivity contribution in [2.75, 3.05) is 20.3 Å². The third-order valence-electron chi connectivity index (χ3n) is 7.65. The topological polar surface area (TPSA) is 85.3 Å². The highest BCUT2D eigenvalue weighted by Gasteiger charge is 2.46. The van der Waals surface area contributed by atoms with E-state index in [0.29, 0.717) is 54.5 Å². The first-order valence-electron chi connectivity index (χ1n) is 14.2. The van der Waals surface area contributed by atoms with Crippen LogP contribution in [0.15, 0.2) is 72.3 Å². The van der Waals surface area contributed by atoms with Crippen molar-refractivity contribution in [1.29, 1.82) is 0 Å². The number of carbonyl (C=O) groups is 2. The molecule has 0 radical (unpaired) electrons. The Hall–Kier alpha value is -4.26. The van der Waals surface area contributed by atoms with Crippen LogP contribution in [0.4, 0.5) is 0 Å². The molecule has 1 N–H and O–H groups in total. The molecule has 0 aliphatic carbocycles. The van der Waals surface area contributed by atoms with E-state index in [2.05, 4.69) is 13.8 Å². The Kier molecular flexibility index (Phi) is 8.34. The van der Waals surface area contributed by atoms with Gasteiger partial charge in [0.2, 0.25) is 0 Å². The molecule has 0 saturated carbocycles. The molecule has 2 unspecified atom stereocenters. The lowest BCUT2D eigenvalue weighted by Gasteiger charge is -2.26. The van der Waals surface area contributed by atoms with Crippen LogP contribution in [0.5, 0.6) is 17.2 Å². The minimum absolute atomic E-state index is 0.0414. The van der Waals surface area contributed by atoms with Crippen molar-refractivity contribution in [3.8, 4) is 17.2 Å². The van der Waals surface area contributed by atoms with Crippen molar-refractivity contribution in [2.45, 2.75) is 52.2 Å². The monoisotopic (exact) mass is 555 g/mol. The number of hydrogen-bond donors (Lipinski definition) is 1. The third kappa shape index (κ3) is 5.94. The average Bonchev–Trinajstić information content (AvgIpc) is 3.46. The van der Waals surface area contributed by atoms with Crippen molar-refractivity contribution in [1.82, 2.24) is 4.90 Å². The number of rotatable bonds is 10. The zero-order chi connectivity index (χ0) is 29.1. The number of nitrogens with zero attached hydrogens (tertiary/aromatic N) is 1. The number of fused-ring (bicyclic) bond motifs is 1. The molecule has 3 aromatic carbocycles. The highest BCUT2D eigenvalue weighted by atomic mass is 16.5. The van der Waals surface area contributed by atoms with Gasteiger partial charge in [0.05, 0.1) is 25.3 Å². The molecule has 2 atom stereocenters. The molecule has 0 spiro atoms. The molecule has 41 heavy (non-hydrogen) atoms. The molecular weight excluding hydrogens is 518 g/mol. The van der Waals surface area contributed by atoms with E-state index in [1.807, 2.05) is 49.4 Å². The fourth-order valence-corrected chi connectivity index (χ4v) is 5.45. The van der Waals surface area contributed by atoms with Gasteiger partial charge in [0.15, 0.2) is 11.5 Å². The number of Topliss-reactive ketones (excluding diaryl/α,β-unsaturated/α-hetero) is 1. The van der Waals surface area contributed by atoms with Gasteiger partial charge in [0.25, 0.3) is 11.7 Å². The fraction of sp³-hybridized carbons (Fsp3) is 0.353. The Labute approximate surface area is 241 Å². The van der Waals surface area contributed by atoms with Crippen molar-refractivity contribution in [2.24, 2.45) is 5.92 Å². The number of likely N-dealkylation sites (tertiary alicyclic amines) is 1. The zero-order valence-electron chi connectivity index (χ0n) is 24.1. The summed E-state index contributed by atoms with van der Waals surface area (Å²) in [6.07, 6.45) is 2.21. The smallest absolute Gasteiger partial charge is 0.295 e. The number of hydrogen-bond acceptors (Lipinski definition) is 6. The maximum atomic E-state index is 13.5. The maximum absolute atomic E-state index is 13.5. The summed E-state index contributed by atoms with van der Waals surface area (Å²) in [5, 5.41) is 11.6. The van der Waals surface area contributed by atoms with Crippen LogP contribution in [0.3, 0.4) is 0 Å². The molecule has 1 amide bonds. The highest BCUT2D eigenvalue weighted by Crippen LogP contribution is 2.43. The molecule has 2 aliphatic rings. The number of ketones is 1. The summed E-state index contributed by atoms with van der Waals surface area (Å²) >= 11 is 0. The number of amides is 1. The van der Waals surface area contributed by atoms with E-state index < -0.39 is 17.7 Å². The molecule has 2 heterocycles. The summed E-state index contributed by atoms with van der Waals surface area (Å²) in [6.45, 7) is 7.11. The number of benzene rings is 3. The van der Waals surface area contributed by atoms with Crippen molar-refractivity contribution >= 4 is 17.4 Å². The van der Waals surface area contributed by atoms with Gasteiger partial charge < -0.3 is 24.2 Å². The van der Waals surface area contributed by atoms with Crippen molar-refractivity contribution in [3.05, 3.63) is 94.6 Å². The second-order valence-corrected chi connectivity index (χ2v) is 11.1. The lowest BCUT2D eigenvalue weighted by molar-refractivity contribution is -0.139. The van der Waals surface area contributed by atoms with Crippen LogP contribution in [-0.4, -0.2) is 48.1 Å². The van der Waals surface area contributed by atoms with Crippen LogP contribution in [0.1, 0.15) is 55.5 Å². The van der Waals surface area contributed by atoms with E-state index in [0.717, 1.165) is 23.3 Å². The first-order valence-corrected chi connectivity index (χ1v) is 14.2. The Balaban J connectivity index is 1.55. The van der Waals surface area contributed by atoms with E-state index in [1.54, 1.807) is 36.3 Å². The number of aliphatic hydroxyl groups excluding tert-OH is 1. The predicted molar refractivity (Wildman–Crippen MR) is 157 cm³/mol. The Morgan fingerprint density at radius 3 is 2.56 bits per heavy atom. The summed E-state index contributed by atoms with van der Waals surface area (Å²) in [6, 6.07) is 19.8. The Morgan fingerprint density at radius 1 is 1.05 bits per heavy atom. The standard InChI is InChI=1S/C34H37NO6/c1-21(2)15-17-40-28-13-10-24(20-29(28)39-4)31-30(32(36)25-11-12-27-26(19-25)18-22(3)41-27)33(37)34(38)35(31)16-14-23-8-6-5-7-9-23/h5-13,19-22,31,36H,14-18H2,1-4H3. The van der Waals surface area contributed by atoms with Crippen LogP contribution in [0.25, 0.3) is 5.76 Å². The van der Waals surface area contributed by atoms with Crippen LogP contribution in [-0.2, 0) is 22.4 Å². The van der Waals surface area contributed by atoms with Crippen molar-refractivity contribution in [3.63, 3.8) is 0 Å². The summed E-state index contributed by atoms with van der Waals surface area (Å²) in [7, 11) is 1.56. The van der Waals surface area contributed by atoms with E-state index in [9.17, 15) is 14.7 Å². The van der Waals surface area contributed by atoms with E-state index in [1.165, 1.54) is 0 Å².